The van der Waals surface area contributed by atoms with Gasteiger partial charge in [-0.25, -0.2) is 0 Å². The number of anilines is 6. The van der Waals surface area contributed by atoms with Gasteiger partial charge < -0.3 is 14.2 Å². The molecule has 14 aromatic rings. The van der Waals surface area contributed by atoms with Crippen molar-refractivity contribution in [2.75, 3.05) is 9.80 Å². The van der Waals surface area contributed by atoms with E-state index < -0.39 is 0 Å². The Balaban J connectivity index is 0.996. The fraction of sp³-hybridized carbons (Fsp3) is 0.0556. The highest BCUT2D eigenvalue weighted by Crippen LogP contribution is 2.47. The summed E-state index contributed by atoms with van der Waals surface area (Å²) in [7, 11) is 0. The van der Waals surface area contributed by atoms with Crippen molar-refractivity contribution in [1.82, 2.24) is 4.40 Å². The molecule has 0 unspecified atom stereocenters. The van der Waals surface area contributed by atoms with Crippen LogP contribution in [-0.4, -0.2) is 4.40 Å². The van der Waals surface area contributed by atoms with Crippen molar-refractivity contribution >= 4 is 93.8 Å². The smallest absolute Gasteiger partial charge is 0.0620 e. The number of benzene rings is 12. The van der Waals surface area contributed by atoms with Crippen molar-refractivity contribution in [2.45, 2.75) is 27.7 Å². The second kappa shape index (κ2) is 17.7. The number of hydrogen-bond donors (Lipinski definition) is 0. The van der Waals surface area contributed by atoms with Gasteiger partial charge in [0.15, 0.2) is 0 Å². The van der Waals surface area contributed by atoms with E-state index >= 15 is 0 Å². The molecule has 3 nitrogen and oxygen atoms in total. The van der Waals surface area contributed by atoms with Crippen LogP contribution in [0.25, 0.3) is 93.0 Å². The van der Waals surface area contributed by atoms with Crippen LogP contribution in [0.5, 0.6) is 0 Å². The average molecular weight is 960 g/mol. The standard InChI is InChI=1S/C72H53N3/c1-46-18-14-16-26-66(46)73(68-42-55(30-28-48(68)3)50-20-8-5-9-21-50)60-34-32-53-38-62-64-40-59(52-24-12-7-13-25-52)41-65-63-39-54-33-35-61(37-58(54)45-71(63)75(72(64)65)70(62)44-57(53)36-60)74(67-27-17-15-19-47(67)2)69-43-56(31-29-49(69)4)51-22-10-6-11-23-51/h5-45H,1-4H3. The van der Waals surface area contributed by atoms with Crippen molar-refractivity contribution < 1.29 is 0 Å². The van der Waals surface area contributed by atoms with E-state index in [1.165, 1.54) is 115 Å². The second-order valence-electron chi connectivity index (χ2n) is 20.4. The number of nitrogens with zero attached hydrogens (tertiary/aromatic N) is 3. The third-order valence-corrected chi connectivity index (χ3v) is 15.7. The minimum absolute atomic E-state index is 1.12. The SMILES string of the molecule is Cc1ccccc1N(c1ccc2cc3c4cc(-c5ccccc5)cc5c6cc7ccc(N(c8ccccc8C)c8cc(-c9ccccc9)ccc8C)cc7cc6n(c3cc2c1)c45)c1cc(-c2ccccc2)ccc1C. The lowest BCUT2D eigenvalue weighted by atomic mass is 9.97. The highest BCUT2D eigenvalue weighted by molar-refractivity contribution is 6.27. The highest BCUT2D eigenvalue weighted by atomic mass is 15.2. The van der Waals surface area contributed by atoms with Gasteiger partial charge in [0.1, 0.15) is 0 Å². The first-order valence-electron chi connectivity index (χ1n) is 26.1. The first kappa shape index (κ1) is 44.3. The molecular weight excluding hydrogens is 907 g/mol. The minimum atomic E-state index is 1.12. The summed E-state index contributed by atoms with van der Waals surface area (Å²) in [4.78, 5) is 4.91. The third-order valence-electron chi connectivity index (χ3n) is 15.7. The molecule has 356 valence electrons. The Morgan fingerprint density at radius 3 is 1.07 bits per heavy atom. The largest absolute Gasteiger partial charge is 0.310 e. The molecule has 0 N–H and O–H groups in total. The molecule has 0 amide bonds. The zero-order valence-electron chi connectivity index (χ0n) is 42.5. The topological polar surface area (TPSA) is 10.9 Å². The summed E-state index contributed by atoms with van der Waals surface area (Å²) in [6, 6.07) is 92.1. The van der Waals surface area contributed by atoms with Gasteiger partial charge in [-0.1, -0.05) is 164 Å². The first-order valence-corrected chi connectivity index (χ1v) is 26.1. The average Bonchev–Trinajstić information content (AvgIpc) is 3.99. The van der Waals surface area contributed by atoms with Crippen LogP contribution in [-0.2, 0) is 0 Å². The van der Waals surface area contributed by atoms with E-state index in [0.29, 0.717) is 0 Å². The predicted molar refractivity (Wildman–Crippen MR) is 321 cm³/mol. The normalized spacial score (nSPS) is 11.7. The maximum Gasteiger partial charge on any atom is 0.0620 e. The van der Waals surface area contributed by atoms with E-state index in [2.05, 4.69) is 291 Å². The fourth-order valence-corrected chi connectivity index (χ4v) is 11.8. The van der Waals surface area contributed by atoms with Crippen LogP contribution in [0.4, 0.5) is 34.1 Å². The van der Waals surface area contributed by atoms with E-state index in [-0.39, 0.29) is 0 Å². The Hall–Kier alpha value is -9.44. The van der Waals surface area contributed by atoms with E-state index in [4.69, 9.17) is 0 Å². The molecular formula is C72H53N3. The van der Waals surface area contributed by atoms with Crippen LogP contribution in [0.2, 0.25) is 0 Å². The lowest BCUT2D eigenvalue weighted by molar-refractivity contribution is 1.23. The summed E-state index contributed by atoms with van der Waals surface area (Å²) in [6.45, 7) is 8.88. The Bertz CT molecular complexity index is 4250. The van der Waals surface area contributed by atoms with E-state index in [1.54, 1.807) is 0 Å². The summed E-state index contributed by atoms with van der Waals surface area (Å²) in [5.41, 5.74) is 22.7. The molecule has 2 aromatic heterocycles. The Labute approximate surface area is 437 Å². The molecule has 3 heteroatoms. The molecule has 0 saturated carbocycles. The Kier molecular flexibility index (Phi) is 10.4. The van der Waals surface area contributed by atoms with E-state index in [9.17, 15) is 0 Å². The van der Waals surface area contributed by atoms with Gasteiger partial charge in [-0.3, -0.25) is 0 Å². The summed E-state index contributed by atoms with van der Waals surface area (Å²) < 4.78 is 2.56. The molecule has 75 heavy (non-hydrogen) atoms. The predicted octanol–water partition coefficient (Wildman–Crippen LogP) is 20.3. The number of hydrogen-bond acceptors (Lipinski definition) is 2. The van der Waals surface area contributed by atoms with Crippen LogP contribution in [0.15, 0.2) is 249 Å². The second-order valence-corrected chi connectivity index (χ2v) is 20.4. The molecule has 14 rings (SSSR count). The number of aromatic nitrogens is 1. The van der Waals surface area contributed by atoms with Crippen LogP contribution in [0, 0.1) is 27.7 Å². The zero-order valence-corrected chi connectivity index (χ0v) is 42.5. The third kappa shape index (κ3) is 7.42. The molecule has 0 fully saturated rings. The number of rotatable bonds is 9. The molecule has 12 aromatic carbocycles. The van der Waals surface area contributed by atoms with Crippen molar-refractivity contribution in [2.24, 2.45) is 0 Å². The van der Waals surface area contributed by atoms with Crippen LogP contribution >= 0.6 is 0 Å². The van der Waals surface area contributed by atoms with Crippen molar-refractivity contribution in [3.8, 4) is 33.4 Å². The van der Waals surface area contributed by atoms with Gasteiger partial charge in [0.05, 0.1) is 16.6 Å². The van der Waals surface area contributed by atoms with Crippen molar-refractivity contribution in [1.29, 1.82) is 0 Å². The summed E-state index contributed by atoms with van der Waals surface area (Å²) in [6.07, 6.45) is 0. The number of para-hydroxylation sites is 2. The summed E-state index contributed by atoms with van der Waals surface area (Å²) >= 11 is 0. The Morgan fingerprint density at radius 1 is 0.253 bits per heavy atom. The van der Waals surface area contributed by atoms with Gasteiger partial charge >= 0.3 is 0 Å². The molecule has 0 saturated heterocycles. The van der Waals surface area contributed by atoms with E-state index in [0.717, 1.165) is 34.1 Å². The lowest BCUT2D eigenvalue weighted by Gasteiger charge is -2.29. The Morgan fingerprint density at radius 2 is 0.640 bits per heavy atom. The number of aryl methyl sites for hydroxylation is 4. The van der Waals surface area contributed by atoms with Gasteiger partial charge in [-0.2, -0.15) is 0 Å². The molecule has 0 aliphatic carbocycles. The quantitative estimate of drug-likeness (QED) is 0.143. The maximum absolute atomic E-state index is 2.56. The molecule has 0 bridgehead atoms. The van der Waals surface area contributed by atoms with Gasteiger partial charge in [-0.05, 0) is 190 Å². The molecule has 2 heterocycles. The van der Waals surface area contributed by atoms with Crippen LogP contribution in [0.3, 0.4) is 0 Å². The van der Waals surface area contributed by atoms with Crippen molar-refractivity contribution in [3.05, 3.63) is 271 Å². The van der Waals surface area contributed by atoms with Crippen molar-refractivity contribution in [3.63, 3.8) is 0 Å². The van der Waals surface area contributed by atoms with Gasteiger partial charge in [0.2, 0.25) is 0 Å². The zero-order chi connectivity index (χ0) is 50.3. The van der Waals surface area contributed by atoms with Gasteiger partial charge in [-0.15, -0.1) is 0 Å². The first-order chi connectivity index (χ1) is 36.8. The maximum atomic E-state index is 2.56. The molecule has 0 spiro atoms. The monoisotopic (exact) mass is 959 g/mol. The molecule has 0 aliphatic rings. The number of fused-ring (bicyclic) bond motifs is 8. The molecule has 0 radical (unpaired) electrons. The minimum Gasteiger partial charge on any atom is -0.310 e. The van der Waals surface area contributed by atoms with Crippen LogP contribution < -0.4 is 9.80 Å². The summed E-state index contributed by atoms with van der Waals surface area (Å²) in [5, 5.41) is 9.85. The van der Waals surface area contributed by atoms with Gasteiger partial charge in [0, 0.05) is 55.7 Å². The molecule has 0 aliphatic heterocycles. The van der Waals surface area contributed by atoms with E-state index in [1.807, 2.05) is 0 Å². The van der Waals surface area contributed by atoms with Crippen LogP contribution in [0.1, 0.15) is 22.3 Å². The lowest BCUT2D eigenvalue weighted by Crippen LogP contribution is -2.12. The highest BCUT2D eigenvalue weighted by Gasteiger charge is 2.24. The summed E-state index contributed by atoms with van der Waals surface area (Å²) in [5.74, 6) is 0. The molecule has 0 atom stereocenters. The van der Waals surface area contributed by atoms with Gasteiger partial charge in [0.25, 0.3) is 0 Å². The fourth-order valence-electron chi connectivity index (χ4n) is 11.8.